The molecule has 0 bridgehead atoms. The molecule has 0 saturated carbocycles. The van der Waals surface area contributed by atoms with E-state index in [4.69, 9.17) is 4.74 Å². The van der Waals surface area contributed by atoms with Crippen LogP contribution in [0.3, 0.4) is 0 Å². The van der Waals surface area contributed by atoms with Crippen LogP contribution in [0.15, 0.2) is 46.5 Å². The van der Waals surface area contributed by atoms with Gasteiger partial charge in [0.2, 0.25) is 0 Å². The van der Waals surface area contributed by atoms with E-state index in [9.17, 15) is 0 Å². The first-order valence-corrected chi connectivity index (χ1v) is 9.71. The molecule has 4 heteroatoms. The maximum Gasteiger partial charge on any atom is 0.0605 e. The Labute approximate surface area is 150 Å². The van der Waals surface area contributed by atoms with Gasteiger partial charge in [-0.1, -0.05) is 24.3 Å². The molecule has 1 aliphatic heterocycles. The Morgan fingerprint density at radius 2 is 2.25 bits per heavy atom. The van der Waals surface area contributed by atoms with E-state index in [1.165, 1.54) is 27.3 Å². The SMILES string of the molecule is CCOCCCNC1C2=C(CCC=C2)N(C)Sc2cc(C)ccc21. The number of rotatable bonds is 6. The standard InChI is InChI=1S/C20H28N2OS/c1-4-23-13-7-12-21-20-16-8-5-6-9-18(16)22(3)24-19-14-15(2)10-11-17(19)20/h5,8,10-11,14,20-21H,4,6-7,9,12-13H2,1-3H3. The van der Waals surface area contributed by atoms with Crippen LogP contribution in [0.2, 0.25) is 0 Å². The van der Waals surface area contributed by atoms with E-state index >= 15 is 0 Å². The molecule has 0 amide bonds. The summed E-state index contributed by atoms with van der Waals surface area (Å²) in [5.41, 5.74) is 5.60. The number of hydrogen-bond acceptors (Lipinski definition) is 4. The molecule has 1 heterocycles. The smallest absolute Gasteiger partial charge is 0.0605 e. The second kappa shape index (κ2) is 8.24. The number of nitrogens with one attached hydrogen (secondary N) is 1. The van der Waals surface area contributed by atoms with Gasteiger partial charge < -0.3 is 14.4 Å². The van der Waals surface area contributed by atoms with Crippen LogP contribution in [0.25, 0.3) is 0 Å². The Morgan fingerprint density at radius 3 is 3.08 bits per heavy atom. The van der Waals surface area contributed by atoms with Crippen molar-refractivity contribution in [3.8, 4) is 0 Å². The molecule has 3 rings (SSSR count). The molecule has 0 spiro atoms. The highest BCUT2D eigenvalue weighted by Crippen LogP contribution is 2.43. The zero-order valence-electron chi connectivity index (χ0n) is 15.0. The van der Waals surface area contributed by atoms with Gasteiger partial charge in [0, 0.05) is 30.9 Å². The zero-order chi connectivity index (χ0) is 16.9. The predicted octanol–water partition coefficient (Wildman–Crippen LogP) is 4.61. The summed E-state index contributed by atoms with van der Waals surface area (Å²) in [4.78, 5) is 1.36. The lowest BCUT2D eigenvalue weighted by molar-refractivity contribution is 0.144. The Balaban J connectivity index is 1.88. The average Bonchev–Trinajstić information content (AvgIpc) is 2.69. The van der Waals surface area contributed by atoms with E-state index in [1.54, 1.807) is 0 Å². The lowest BCUT2D eigenvalue weighted by Gasteiger charge is -2.26. The Kier molecular flexibility index (Phi) is 6.04. The molecule has 2 aliphatic rings. The molecule has 1 aromatic rings. The van der Waals surface area contributed by atoms with Gasteiger partial charge in [-0.2, -0.15) is 0 Å². The molecule has 0 saturated heterocycles. The normalized spacial score (nSPS) is 20.0. The lowest BCUT2D eigenvalue weighted by Crippen LogP contribution is -2.26. The van der Waals surface area contributed by atoms with Crippen LogP contribution < -0.4 is 5.32 Å². The van der Waals surface area contributed by atoms with Crippen LogP contribution in [0.5, 0.6) is 0 Å². The summed E-state index contributed by atoms with van der Waals surface area (Å²) in [7, 11) is 2.20. The largest absolute Gasteiger partial charge is 0.382 e. The zero-order valence-corrected chi connectivity index (χ0v) is 15.8. The summed E-state index contributed by atoms with van der Waals surface area (Å²) in [5, 5.41) is 3.79. The van der Waals surface area contributed by atoms with Crippen molar-refractivity contribution >= 4 is 11.9 Å². The van der Waals surface area contributed by atoms with Crippen LogP contribution in [0.4, 0.5) is 0 Å². The molecule has 0 fully saturated rings. The van der Waals surface area contributed by atoms with E-state index < -0.39 is 0 Å². The third-order valence-electron chi connectivity index (χ3n) is 4.60. The van der Waals surface area contributed by atoms with Crippen LogP contribution in [0.1, 0.15) is 43.4 Å². The number of aryl methyl sites for hydroxylation is 1. The van der Waals surface area contributed by atoms with Crippen molar-refractivity contribution < 1.29 is 4.74 Å². The number of fused-ring (bicyclic) bond motifs is 1. The Bertz CT molecular complexity index is 639. The van der Waals surface area contributed by atoms with Gasteiger partial charge in [0.1, 0.15) is 0 Å². The quantitative estimate of drug-likeness (QED) is 0.602. The maximum absolute atomic E-state index is 5.48. The molecule has 24 heavy (non-hydrogen) atoms. The molecule has 130 valence electrons. The van der Waals surface area contributed by atoms with Gasteiger partial charge in [-0.05, 0) is 74.4 Å². The van der Waals surface area contributed by atoms with Crippen molar-refractivity contribution in [2.75, 3.05) is 26.8 Å². The summed E-state index contributed by atoms with van der Waals surface area (Å²) in [5.74, 6) is 0. The molecule has 1 N–H and O–H groups in total. The number of ether oxygens (including phenoxy) is 1. The molecule has 0 aromatic heterocycles. The molecular weight excluding hydrogens is 316 g/mol. The van der Waals surface area contributed by atoms with Crippen molar-refractivity contribution in [2.24, 2.45) is 0 Å². The monoisotopic (exact) mass is 344 g/mol. The minimum atomic E-state index is 0.270. The molecule has 3 nitrogen and oxygen atoms in total. The molecule has 1 atom stereocenters. The third kappa shape index (κ3) is 3.88. The topological polar surface area (TPSA) is 24.5 Å². The second-order valence-electron chi connectivity index (χ2n) is 6.41. The summed E-state index contributed by atoms with van der Waals surface area (Å²) in [6, 6.07) is 7.11. The van der Waals surface area contributed by atoms with Crippen LogP contribution >= 0.6 is 11.9 Å². The molecular formula is C20H28N2OS. The number of hydrogen-bond donors (Lipinski definition) is 1. The average molecular weight is 345 g/mol. The summed E-state index contributed by atoms with van der Waals surface area (Å²) in [6.45, 7) is 6.81. The van der Waals surface area contributed by atoms with Gasteiger partial charge in [-0.3, -0.25) is 0 Å². The van der Waals surface area contributed by atoms with E-state index in [-0.39, 0.29) is 6.04 Å². The first-order chi connectivity index (χ1) is 11.7. The van der Waals surface area contributed by atoms with Crippen molar-refractivity contribution in [3.05, 3.63) is 52.7 Å². The fourth-order valence-electron chi connectivity index (χ4n) is 3.39. The predicted molar refractivity (Wildman–Crippen MR) is 102 cm³/mol. The number of allylic oxidation sites excluding steroid dienone is 2. The fraction of sp³-hybridized carbons (Fsp3) is 0.500. The van der Waals surface area contributed by atoms with Crippen molar-refractivity contribution in [3.63, 3.8) is 0 Å². The summed E-state index contributed by atoms with van der Waals surface area (Å²) < 4.78 is 7.84. The Morgan fingerprint density at radius 1 is 1.38 bits per heavy atom. The molecule has 0 radical (unpaired) electrons. The summed E-state index contributed by atoms with van der Waals surface area (Å²) >= 11 is 1.86. The summed E-state index contributed by atoms with van der Waals surface area (Å²) in [6.07, 6.45) is 7.94. The van der Waals surface area contributed by atoms with Gasteiger partial charge in [0.15, 0.2) is 0 Å². The van der Waals surface area contributed by atoms with Gasteiger partial charge in [-0.15, -0.1) is 0 Å². The van der Waals surface area contributed by atoms with Crippen molar-refractivity contribution in [1.82, 2.24) is 9.62 Å². The van der Waals surface area contributed by atoms with Gasteiger partial charge in [-0.25, -0.2) is 0 Å². The first-order valence-electron chi connectivity index (χ1n) is 8.93. The van der Waals surface area contributed by atoms with Gasteiger partial charge in [0.05, 0.1) is 6.04 Å². The van der Waals surface area contributed by atoms with Gasteiger partial charge in [0.25, 0.3) is 0 Å². The number of benzene rings is 1. The lowest BCUT2D eigenvalue weighted by atomic mass is 9.91. The highest BCUT2D eigenvalue weighted by Gasteiger charge is 2.28. The van der Waals surface area contributed by atoms with E-state index in [0.29, 0.717) is 0 Å². The van der Waals surface area contributed by atoms with E-state index in [2.05, 4.69) is 53.9 Å². The van der Waals surface area contributed by atoms with E-state index in [0.717, 1.165) is 39.0 Å². The van der Waals surface area contributed by atoms with Crippen LogP contribution in [-0.4, -0.2) is 31.1 Å². The van der Waals surface area contributed by atoms with Crippen molar-refractivity contribution in [2.45, 2.75) is 44.0 Å². The van der Waals surface area contributed by atoms with Crippen LogP contribution in [-0.2, 0) is 4.74 Å². The highest BCUT2D eigenvalue weighted by molar-refractivity contribution is 7.97. The maximum atomic E-state index is 5.48. The highest BCUT2D eigenvalue weighted by atomic mass is 32.2. The van der Waals surface area contributed by atoms with E-state index in [1.807, 2.05) is 18.9 Å². The van der Waals surface area contributed by atoms with Crippen molar-refractivity contribution in [1.29, 1.82) is 0 Å². The fourth-order valence-corrected chi connectivity index (χ4v) is 4.52. The molecule has 1 aromatic carbocycles. The Hall–Kier alpha value is -1.23. The van der Waals surface area contributed by atoms with Crippen LogP contribution in [0, 0.1) is 6.92 Å². The third-order valence-corrected chi connectivity index (χ3v) is 5.65. The number of nitrogens with zero attached hydrogens (tertiary/aromatic N) is 1. The molecule has 1 aliphatic carbocycles. The first kappa shape index (κ1) is 17.6. The molecule has 1 unspecified atom stereocenters. The second-order valence-corrected chi connectivity index (χ2v) is 7.58. The minimum Gasteiger partial charge on any atom is -0.382 e. The minimum absolute atomic E-state index is 0.270. The van der Waals surface area contributed by atoms with Gasteiger partial charge >= 0.3 is 0 Å².